The summed E-state index contributed by atoms with van der Waals surface area (Å²) in [4.78, 5) is 10.8. The van der Waals surface area contributed by atoms with Crippen LogP contribution in [0.5, 0.6) is 0 Å². The molecule has 3 heterocycles. The molecule has 0 N–H and O–H groups in total. The molecule has 0 saturated carbocycles. The molecule has 0 amide bonds. The van der Waals surface area contributed by atoms with E-state index < -0.39 is 0 Å². The van der Waals surface area contributed by atoms with Gasteiger partial charge in [0.05, 0.1) is 0 Å². The summed E-state index contributed by atoms with van der Waals surface area (Å²) in [7, 11) is 0. The average molecular weight is 878 g/mol. The van der Waals surface area contributed by atoms with Crippen LogP contribution in [0.4, 0.5) is 0 Å². The van der Waals surface area contributed by atoms with Crippen molar-refractivity contribution < 1.29 is 0 Å². The van der Waals surface area contributed by atoms with E-state index in [0.717, 1.165) is 11.8 Å². The van der Waals surface area contributed by atoms with E-state index in [-0.39, 0.29) is 37.0 Å². The molecule has 3 aliphatic rings. The Labute approximate surface area is 396 Å². The average Bonchev–Trinajstić information content (AvgIpc) is 3.06. The molecule has 62 heavy (non-hydrogen) atoms. The predicted octanol–water partition coefficient (Wildman–Crippen LogP) is 16.7. The first-order chi connectivity index (χ1) is 26.1. The summed E-state index contributed by atoms with van der Waals surface area (Å²) in [6, 6.07) is 0. The van der Waals surface area contributed by atoms with Crippen LogP contribution < -0.4 is 0 Å². The van der Waals surface area contributed by atoms with E-state index in [1.165, 1.54) is 78.0 Å². The van der Waals surface area contributed by atoms with Crippen molar-refractivity contribution in [2.45, 2.75) is 270 Å². The van der Waals surface area contributed by atoms with Gasteiger partial charge in [-0.25, -0.2) is 0 Å². The Hall–Kier alpha value is -0.160. The van der Waals surface area contributed by atoms with Gasteiger partial charge in [0.25, 0.3) is 0 Å². The van der Waals surface area contributed by atoms with E-state index >= 15 is 0 Å². The SMILES string of the molecule is C.C.CC(C)(C)C(C)(C)C1CCCN(C(C)(C)C(C)(C)C)C1.CC(C)(C)C(C)(C)C1CCN(C(C)(C)C(C)(C)C)CC1.CC(C)(C)C(C)(C)N1CCN(C(C)(C)C(C)(C)C)CC1. The van der Waals surface area contributed by atoms with Crippen molar-refractivity contribution >= 4 is 0 Å². The minimum absolute atomic E-state index is 0. The number of hydrogen-bond acceptors (Lipinski definition) is 4. The van der Waals surface area contributed by atoms with Gasteiger partial charge in [0, 0.05) is 54.9 Å². The zero-order valence-electron chi connectivity index (χ0n) is 47.4. The molecule has 3 rings (SSSR count). The van der Waals surface area contributed by atoms with Crippen LogP contribution in [-0.2, 0) is 0 Å². The van der Waals surface area contributed by atoms with E-state index in [9.17, 15) is 0 Å². The fourth-order valence-corrected chi connectivity index (χ4v) is 9.18. The highest BCUT2D eigenvalue weighted by atomic mass is 15.3. The van der Waals surface area contributed by atoms with Crippen molar-refractivity contribution in [1.82, 2.24) is 19.6 Å². The van der Waals surface area contributed by atoms with Crippen LogP contribution in [-0.4, -0.2) is 94.1 Å². The lowest BCUT2D eigenvalue weighted by molar-refractivity contribution is -0.0590. The van der Waals surface area contributed by atoms with Crippen LogP contribution in [0, 0.1) is 55.2 Å². The highest BCUT2D eigenvalue weighted by Gasteiger charge is 2.48. The first-order valence-corrected chi connectivity index (χ1v) is 25.1. The summed E-state index contributed by atoms with van der Waals surface area (Å²) < 4.78 is 0. The topological polar surface area (TPSA) is 13.0 Å². The van der Waals surface area contributed by atoms with Gasteiger partial charge in [0.15, 0.2) is 0 Å². The fraction of sp³-hybridized carbons (Fsp3) is 1.00. The van der Waals surface area contributed by atoms with E-state index in [1.54, 1.807) is 0 Å². The van der Waals surface area contributed by atoms with Gasteiger partial charge in [-0.1, -0.05) is 167 Å². The van der Waals surface area contributed by atoms with E-state index in [0.29, 0.717) is 43.3 Å². The molecule has 0 aromatic carbocycles. The molecule has 4 nitrogen and oxygen atoms in total. The fourth-order valence-electron chi connectivity index (χ4n) is 9.18. The lowest BCUT2D eigenvalue weighted by Crippen LogP contribution is -2.64. The molecule has 0 aromatic rings. The zero-order valence-corrected chi connectivity index (χ0v) is 47.4. The second-order valence-electron chi connectivity index (χ2n) is 29.7. The number of rotatable bonds is 6. The highest BCUT2D eigenvalue weighted by Crippen LogP contribution is 2.51. The lowest BCUT2D eigenvalue weighted by atomic mass is 9.59. The van der Waals surface area contributed by atoms with Crippen LogP contribution in [0.1, 0.15) is 248 Å². The summed E-state index contributed by atoms with van der Waals surface area (Å²) in [5, 5.41) is 0. The third kappa shape index (κ3) is 14.4. The van der Waals surface area contributed by atoms with Crippen LogP contribution in [0.25, 0.3) is 0 Å². The molecule has 1 unspecified atom stereocenters. The van der Waals surface area contributed by atoms with Gasteiger partial charge in [0.1, 0.15) is 0 Å². The maximum atomic E-state index is 2.76. The number of likely N-dealkylation sites (tertiary alicyclic amines) is 2. The highest BCUT2D eigenvalue weighted by molar-refractivity contribution is 5.01. The lowest BCUT2D eigenvalue weighted by Gasteiger charge is -2.55. The van der Waals surface area contributed by atoms with Gasteiger partial charge in [-0.2, -0.15) is 0 Å². The molecule has 0 aromatic heterocycles. The molecular formula is C58H124N4. The van der Waals surface area contributed by atoms with Gasteiger partial charge in [-0.05, 0) is 156 Å². The van der Waals surface area contributed by atoms with Crippen molar-refractivity contribution in [3.05, 3.63) is 0 Å². The molecular weight excluding hydrogens is 753 g/mol. The summed E-state index contributed by atoms with van der Waals surface area (Å²) in [6.45, 7) is 81.8. The second kappa shape index (κ2) is 21.0. The monoisotopic (exact) mass is 877 g/mol. The van der Waals surface area contributed by atoms with Gasteiger partial charge in [0.2, 0.25) is 0 Å². The van der Waals surface area contributed by atoms with E-state index in [1.807, 2.05) is 0 Å². The van der Waals surface area contributed by atoms with Crippen molar-refractivity contribution in [2.75, 3.05) is 52.4 Å². The minimum atomic E-state index is 0. The molecule has 3 aliphatic heterocycles. The molecule has 376 valence electrons. The Morgan fingerprint density at radius 1 is 0.258 bits per heavy atom. The predicted molar refractivity (Wildman–Crippen MR) is 286 cm³/mol. The van der Waals surface area contributed by atoms with Crippen molar-refractivity contribution in [1.29, 1.82) is 0 Å². The van der Waals surface area contributed by atoms with Crippen molar-refractivity contribution in [3.8, 4) is 0 Å². The van der Waals surface area contributed by atoms with Gasteiger partial charge in [-0.15, -0.1) is 0 Å². The van der Waals surface area contributed by atoms with Crippen molar-refractivity contribution in [3.63, 3.8) is 0 Å². The summed E-state index contributed by atoms with van der Waals surface area (Å²) in [6.07, 6.45) is 5.44. The Bertz CT molecular complexity index is 1120. The third-order valence-corrected chi connectivity index (χ3v) is 20.6. The Morgan fingerprint density at radius 2 is 0.500 bits per heavy atom. The summed E-state index contributed by atoms with van der Waals surface area (Å²) in [5.74, 6) is 1.66. The Balaban J connectivity index is 0. The molecule has 1 atom stereocenters. The van der Waals surface area contributed by atoms with Crippen molar-refractivity contribution in [2.24, 2.45) is 55.2 Å². The molecule has 0 aliphatic carbocycles. The number of piperazine rings is 1. The maximum absolute atomic E-state index is 2.76. The molecule has 0 bridgehead atoms. The molecule has 4 heteroatoms. The van der Waals surface area contributed by atoms with E-state index in [2.05, 4.69) is 227 Å². The second-order valence-corrected chi connectivity index (χ2v) is 29.7. The van der Waals surface area contributed by atoms with Gasteiger partial charge < -0.3 is 0 Å². The molecule has 3 saturated heterocycles. The van der Waals surface area contributed by atoms with Crippen LogP contribution in [0.15, 0.2) is 0 Å². The smallest absolute Gasteiger partial charge is 0.0202 e. The Kier molecular flexibility index (Phi) is 21.7. The first-order valence-electron chi connectivity index (χ1n) is 25.1. The molecule has 3 fully saturated rings. The molecule has 0 radical (unpaired) electrons. The van der Waals surface area contributed by atoms with Crippen LogP contribution >= 0.6 is 0 Å². The van der Waals surface area contributed by atoms with Crippen LogP contribution in [0.3, 0.4) is 0 Å². The number of nitrogens with zero attached hydrogens (tertiary/aromatic N) is 4. The van der Waals surface area contributed by atoms with E-state index in [4.69, 9.17) is 0 Å². The maximum Gasteiger partial charge on any atom is 0.0202 e. The number of hydrogen-bond donors (Lipinski definition) is 0. The standard InChI is InChI=1S/2C19H39N.C18H38N2.2CH4/c1-16(2,3)18(7,8)15-11-13-20(14-12-15)19(9,10)17(4,5)6;1-16(2,3)18(7,8)15-12-11-13-20(14-15)19(9,10)17(4,5)6;1-15(2,3)17(7,8)19-11-13-20(14-12-19)18(9,10)16(4,5)6;;/h2*15H,11-14H2,1-10H3;11-14H2,1-10H3;2*1H4. The quantitative estimate of drug-likeness (QED) is 0.264. The first kappa shape index (κ1) is 63.9. The third-order valence-electron chi connectivity index (χ3n) is 20.6. The normalized spacial score (nSPS) is 21.5. The van der Waals surface area contributed by atoms with Crippen LogP contribution in [0.2, 0.25) is 0 Å². The van der Waals surface area contributed by atoms with Gasteiger partial charge in [-0.3, -0.25) is 19.6 Å². The molecule has 0 spiro atoms. The minimum Gasteiger partial charge on any atom is -0.298 e. The summed E-state index contributed by atoms with van der Waals surface area (Å²) in [5.41, 5.74) is 3.90. The van der Waals surface area contributed by atoms with Gasteiger partial charge >= 0.3 is 0 Å². The zero-order chi connectivity index (χ0) is 47.9. The number of piperidine rings is 2. The summed E-state index contributed by atoms with van der Waals surface area (Å²) >= 11 is 0. The largest absolute Gasteiger partial charge is 0.298 e. The Morgan fingerprint density at radius 3 is 0.758 bits per heavy atom.